The standard InChI is InChI=1S/C17H22FN3O4S2/c1-4-8-25-9-7-19-16(22)21-17-20-11(2)15(26-17)12-5-6-14(13(18)10-12)27(3,23)24/h5-6,10H,4,7-9H2,1-3H3,(H2,19,20,21,22). The predicted molar refractivity (Wildman–Crippen MR) is 103 cm³/mol. The van der Waals surface area contributed by atoms with Crippen molar-refractivity contribution < 1.29 is 22.3 Å². The van der Waals surface area contributed by atoms with Crippen molar-refractivity contribution in [3.63, 3.8) is 0 Å². The van der Waals surface area contributed by atoms with Crippen molar-refractivity contribution in [2.75, 3.05) is 31.3 Å². The molecule has 0 aliphatic rings. The second kappa shape index (κ2) is 9.25. The Morgan fingerprint density at radius 1 is 1.33 bits per heavy atom. The molecule has 0 unspecified atom stereocenters. The zero-order chi connectivity index (χ0) is 20.0. The minimum absolute atomic E-state index is 0.351. The summed E-state index contributed by atoms with van der Waals surface area (Å²) in [5.74, 6) is -0.817. The van der Waals surface area contributed by atoms with Crippen molar-refractivity contribution in [2.24, 2.45) is 0 Å². The molecule has 0 aliphatic heterocycles. The Bertz CT molecular complexity index is 913. The van der Waals surface area contributed by atoms with Crippen molar-refractivity contribution in [3.8, 4) is 10.4 Å². The summed E-state index contributed by atoms with van der Waals surface area (Å²) in [4.78, 5) is 16.4. The largest absolute Gasteiger partial charge is 0.380 e. The number of benzene rings is 1. The molecule has 0 radical (unpaired) electrons. The number of aromatic nitrogens is 1. The number of thiazole rings is 1. The van der Waals surface area contributed by atoms with E-state index in [2.05, 4.69) is 15.6 Å². The van der Waals surface area contributed by atoms with Gasteiger partial charge in [0.05, 0.1) is 17.2 Å². The molecule has 2 aromatic rings. The van der Waals surface area contributed by atoms with Crippen LogP contribution < -0.4 is 10.6 Å². The van der Waals surface area contributed by atoms with Crippen LogP contribution in [0.25, 0.3) is 10.4 Å². The fourth-order valence-electron chi connectivity index (χ4n) is 2.28. The van der Waals surface area contributed by atoms with Crippen LogP contribution in [-0.4, -0.2) is 45.4 Å². The lowest BCUT2D eigenvalue weighted by Gasteiger charge is -2.05. The number of anilines is 1. The molecule has 0 atom stereocenters. The van der Waals surface area contributed by atoms with Gasteiger partial charge in [0, 0.05) is 19.4 Å². The number of nitrogens with zero attached hydrogens (tertiary/aromatic N) is 1. The van der Waals surface area contributed by atoms with Crippen molar-refractivity contribution in [3.05, 3.63) is 29.7 Å². The van der Waals surface area contributed by atoms with E-state index in [4.69, 9.17) is 4.74 Å². The molecule has 0 bridgehead atoms. The van der Waals surface area contributed by atoms with Crippen molar-refractivity contribution >= 4 is 32.3 Å². The third kappa shape index (κ3) is 5.98. The molecule has 2 amide bonds. The van der Waals surface area contributed by atoms with Crippen LogP contribution in [0.5, 0.6) is 0 Å². The Balaban J connectivity index is 2.06. The number of urea groups is 1. The highest BCUT2D eigenvalue weighted by Crippen LogP contribution is 2.34. The van der Waals surface area contributed by atoms with E-state index in [-0.39, 0.29) is 4.90 Å². The first kappa shape index (κ1) is 21.3. The van der Waals surface area contributed by atoms with Gasteiger partial charge in [0.2, 0.25) is 0 Å². The molecule has 0 spiro atoms. The van der Waals surface area contributed by atoms with Crippen LogP contribution in [0.2, 0.25) is 0 Å². The highest BCUT2D eigenvalue weighted by Gasteiger charge is 2.17. The number of amides is 2. The smallest absolute Gasteiger partial charge is 0.321 e. The van der Waals surface area contributed by atoms with E-state index >= 15 is 0 Å². The fraction of sp³-hybridized carbons (Fsp3) is 0.412. The number of ether oxygens (including phenoxy) is 1. The van der Waals surface area contributed by atoms with Crippen LogP contribution in [-0.2, 0) is 14.6 Å². The van der Waals surface area contributed by atoms with Crippen LogP contribution in [0.4, 0.5) is 14.3 Å². The number of hydrogen-bond acceptors (Lipinski definition) is 6. The van der Waals surface area contributed by atoms with Gasteiger partial charge < -0.3 is 10.1 Å². The van der Waals surface area contributed by atoms with Crippen LogP contribution in [0.3, 0.4) is 0 Å². The third-order valence-electron chi connectivity index (χ3n) is 3.49. The number of carbonyl (C=O) groups is 1. The van der Waals surface area contributed by atoms with Gasteiger partial charge in [-0.3, -0.25) is 5.32 Å². The van der Waals surface area contributed by atoms with Gasteiger partial charge in [-0.25, -0.2) is 22.6 Å². The lowest BCUT2D eigenvalue weighted by molar-refractivity contribution is 0.137. The Labute approximate surface area is 161 Å². The number of sulfone groups is 1. The highest BCUT2D eigenvalue weighted by molar-refractivity contribution is 7.90. The molecular formula is C17H22FN3O4S2. The molecular weight excluding hydrogens is 393 g/mol. The zero-order valence-electron chi connectivity index (χ0n) is 15.3. The van der Waals surface area contributed by atoms with Gasteiger partial charge in [0.15, 0.2) is 15.0 Å². The number of carbonyl (C=O) groups excluding carboxylic acids is 1. The second-order valence-corrected chi connectivity index (χ2v) is 8.83. The lowest BCUT2D eigenvalue weighted by atomic mass is 10.1. The Kier molecular flexibility index (Phi) is 7.28. The first-order valence-electron chi connectivity index (χ1n) is 8.32. The average Bonchev–Trinajstić information content (AvgIpc) is 2.93. The van der Waals surface area contributed by atoms with Crippen LogP contribution in [0.1, 0.15) is 19.0 Å². The zero-order valence-corrected chi connectivity index (χ0v) is 17.0. The summed E-state index contributed by atoms with van der Waals surface area (Å²) in [5, 5.41) is 5.65. The Hall–Kier alpha value is -2.04. The topological polar surface area (TPSA) is 97.4 Å². The summed E-state index contributed by atoms with van der Waals surface area (Å²) in [6.07, 6.45) is 1.87. The van der Waals surface area contributed by atoms with Gasteiger partial charge in [0.1, 0.15) is 10.7 Å². The van der Waals surface area contributed by atoms with Crippen molar-refractivity contribution in [2.45, 2.75) is 25.2 Å². The van der Waals surface area contributed by atoms with Gasteiger partial charge in [-0.15, -0.1) is 0 Å². The van der Waals surface area contributed by atoms with Gasteiger partial charge in [-0.2, -0.15) is 0 Å². The number of aryl methyl sites for hydroxylation is 1. The third-order valence-corrected chi connectivity index (χ3v) is 5.74. The molecule has 148 valence electrons. The Morgan fingerprint density at radius 2 is 2.07 bits per heavy atom. The minimum Gasteiger partial charge on any atom is -0.380 e. The molecule has 1 aromatic heterocycles. The molecule has 2 N–H and O–H groups in total. The Morgan fingerprint density at radius 3 is 2.70 bits per heavy atom. The maximum absolute atomic E-state index is 14.1. The minimum atomic E-state index is -3.63. The molecule has 0 saturated carbocycles. The molecule has 0 aliphatic carbocycles. The number of rotatable bonds is 8. The summed E-state index contributed by atoms with van der Waals surface area (Å²) in [7, 11) is -3.63. The summed E-state index contributed by atoms with van der Waals surface area (Å²) in [6, 6.07) is 3.50. The summed E-state index contributed by atoms with van der Waals surface area (Å²) in [6.45, 7) is 5.18. The summed E-state index contributed by atoms with van der Waals surface area (Å²) in [5.41, 5.74) is 1.10. The second-order valence-electron chi connectivity index (χ2n) is 5.84. The van der Waals surface area contributed by atoms with Crippen LogP contribution in [0, 0.1) is 12.7 Å². The molecule has 27 heavy (non-hydrogen) atoms. The molecule has 1 heterocycles. The number of hydrogen-bond donors (Lipinski definition) is 2. The van der Waals surface area contributed by atoms with E-state index in [1.54, 1.807) is 6.92 Å². The van der Waals surface area contributed by atoms with E-state index in [0.29, 0.717) is 41.0 Å². The van der Waals surface area contributed by atoms with E-state index in [1.807, 2.05) is 6.92 Å². The predicted octanol–water partition coefficient (Wildman–Crippen LogP) is 3.21. The van der Waals surface area contributed by atoms with Gasteiger partial charge >= 0.3 is 6.03 Å². The molecule has 1 aromatic carbocycles. The van der Waals surface area contributed by atoms with E-state index < -0.39 is 21.7 Å². The highest BCUT2D eigenvalue weighted by atomic mass is 32.2. The van der Waals surface area contributed by atoms with Crippen molar-refractivity contribution in [1.29, 1.82) is 0 Å². The van der Waals surface area contributed by atoms with E-state index in [0.717, 1.165) is 18.7 Å². The maximum Gasteiger partial charge on any atom is 0.321 e. The molecule has 7 nitrogen and oxygen atoms in total. The average molecular weight is 416 g/mol. The quantitative estimate of drug-likeness (QED) is 0.645. The summed E-state index contributed by atoms with van der Waals surface area (Å²) < 4.78 is 42.4. The fourth-order valence-corrected chi connectivity index (χ4v) is 3.97. The monoisotopic (exact) mass is 415 g/mol. The number of halogens is 1. The maximum atomic E-state index is 14.1. The van der Waals surface area contributed by atoms with Gasteiger partial charge in [-0.1, -0.05) is 24.3 Å². The molecule has 10 heteroatoms. The van der Waals surface area contributed by atoms with E-state index in [1.165, 1.54) is 23.5 Å². The normalized spacial score (nSPS) is 11.4. The molecule has 0 saturated heterocycles. The molecule has 2 rings (SSSR count). The van der Waals surface area contributed by atoms with E-state index in [9.17, 15) is 17.6 Å². The SMILES string of the molecule is CCCOCCNC(=O)Nc1nc(C)c(-c2ccc(S(C)(=O)=O)c(F)c2)s1. The van der Waals surface area contributed by atoms with Crippen LogP contribution >= 0.6 is 11.3 Å². The first-order valence-corrected chi connectivity index (χ1v) is 11.0. The summed E-state index contributed by atoms with van der Waals surface area (Å²) >= 11 is 1.18. The first-order chi connectivity index (χ1) is 12.7. The van der Waals surface area contributed by atoms with Crippen LogP contribution in [0.15, 0.2) is 23.1 Å². The van der Waals surface area contributed by atoms with Crippen molar-refractivity contribution in [1.82, 2.24) is 10.3 Å². The lowest BCUT2D eigenvalue weighted by Crippen LogP contribution is -2.31. The molecule has 0 fully saturated rings. The van der Waals surface area contributed by atoms with Gasteiger partial charge in [0.25, 0.3) is 0 Å². The number of nitrogens with one attached hydrogen (secondary N) is 2. The van der Waals surface area contributed by atoms with Gasteiger partial charge in [-0.05, 0) is 31.0 Å².